The first-order chi connectivity index (χ1) is 5.85. The molecular formula is C8H18NO3. The van der Waals surface area contributed by atoms with E-state index >= 15 is 0 Å². The van der Waals surface area contributed by atoms with Crippen LogP contribution in [0.3, 0.4) is 0 Å². The van der Waals surface area contributed by atoms with Crippen molar-refractivity contribution in [2.75, 3.05) is 39.5 Å². The maximum Gasteiger partial charge on any atom is 0.0949 e. The molecule has 0 fully saturated rings. The zero-order chi connectivity index (χ0) is 9.23. The van der Waals surface area contributed by atoms with Crippen LogP contribution in [0.2, 0.25) is 0 Å². The van der Waals surface area contributed by atoms with Gasteiger partial charge in [0.2, 0.25) is 0 Å². The van der Waals surface area contributed by atoms with E-state index in [-0.39, 0.29) is 19.8 Å². The molecule has 0 atom stereocenters. The highest BCUT2D eigenvalue weighted by atomic mass is 16.3. The van der Waals surface area contributed by atoms with Crippen molar-refractivity contribution in [1.82, 2.24) is 4.90 Å². The van der Waals surface area contributed by atoms with Crippen LogP contribution in [0.1, 0.15) is 12.8 Å². The molecule has 0 aliphatic rings. The van der Waals surface area contributed by atoms with Gasteiger partial charge in [0, 0.05) is 32.8 Å². The summed E-state index contributed by atoms with van der Waals surface area (Å²) in [6.45, 7) is 2.22. The van der Waals surface area contributed by atoms with Crippen LogP contribution in [0.4, 0.5) is 0 Å². The van der Waals surface area contributed by atoms with Crippen molar-refractivity contribution < 1.29 is 15.3 Å². The second kappa shape index (κ2) is 8.93. The van der Waals surface area contributed by atoms with E-state index in [1.165, 1.54) is 0 Å². The summed E-state index contributed by atoms with van der Waals surface area (Å²) in [5.41, 5.74) is 0. The predicted molar refractivity (Wildman–Crippen MR) is 45.4 cm³/mol. The predicted octanol–water partition coefficient (Wildman–Crippen LogP) is -0.516. The third-order valence-electron chi connectivity index (χ3n) is 1.67. The van der Waals surface area contributed by atoms with Crippen molar-refractivity contribution in [1.29, 1.82) is 0 Å². The molecule has 4 heteroatoms. The largest absolute Gasteiger partial charge is 0.396 e. The highest BCUT2D eigenvalue weighted by molar-refractivity contribution is 4.56. The summed E-state index contributed by atoms with van der Waals surface area (Å²) in [4.78, 5) is 1.97. The minimum atomic E-state index is -0.114. The Morgan fingerprint density at radius 2 is 1.42 bits per heavy atom. The summed E-state index contributed by atoms with van der Waals surface area (Å²) in [7, 11) is 0. The second-order valence-electron chi connectivity index (χ2n) is 2.70. The quantitative estimate of drug-likeness (QED) is 0.523. The highest BCUT2D eigenvalue weighted by Crippen LogP contribution is 1.92. The lowest BCUT2D eigenvalue weighted by Gasteiger charge is -2.19. The minimum Gasteiger partial charge on any atom is -0.396 e. The zero-order valence-corrected chi connectivity index (χ0v) is 7.41. The molecule has 0 heterocycles. The first kappa shape index (κ1) is 11.8. The summed E-state index contributed by atoms with van der Waals surface area (Å²) in [5, 5.41) is 27.4. The maximum atomic E-state index is 10.3. The van der Waals surface area contributed by atoms with Crippen LogP contribution in [-0.4, -0.2) is 54.6 Å². The van der Waals surface area contributed by atoms with Crippen molar-refractivity contribution in [3.63, 3.8) is 0 Å². The molecule has 0 rings (SSSR count). The summed E-state index contributed by atoms with van der Waals surface area (Å²) in [6.07, 6.45) is 1.40. The fourth-order valence-electron chi connectivity index (χ4n) is 1.05. The molecule has 0 aromatic carbocycles. The van der Waals surface area contributed by atoms with Gasteiger partial charge in [-0.15, -0.1) is 0 Å². The SMILES string of the molecule is [O]CCN(CCCO)CCCO. The number of nitrogens with zero attached hydrogens (tertiary/aromatic N) is 1. The summed E-state index contributed by atoms with van der Waals surface area (Å²) in [6, 6.07) is 0. The topological polar surface area (TPSA) is 63.6 Å². The lowest BCUT2D eigenvalue weighted by molar-refractivity contribution is 0.128. The molecule has 2 N–H and O–H groups in total. The van der Waals surface area contributed by atoms with Crippen LogP contribution in [0.5, 0.6) is 0 Å². The second-order valence-corrected chi connectivity index (χ2v) is 2.70. The fraction of sp³-hybridized carbons (Fsp3) is 1.00. The van der Waals surface area contributed by atoms with Crippen molar-refractivity contribution in [2.45, 2.75) is 12.8 Å². The Kier molecular flexibility index (Phi) is 8.81. The Labute approximate surface area is 73.4 Å². The van der Waals surface area contributed by atoms with Gasteiger partial charge in [-0.3, -0.25) is 0 Å². The number of aliphatic hydroxyl groups excluding tert-OH is 2. The van der Waals surface area contributed by atoms with Gasteiger partial charge in [-0.05, 0) is 12.8 Å². The average molecular weight is 176 g/mol. The van der Waals surface area contributed by atoms with E-state index in [1.807, 2.05) is 4.90 Å². The Bertz CT molecular complexity index is 82.4. The minimum absolute atomic E-state index is 0.114. The number of hydrogen-bond donors (Lipinski definition) is 2. The fourth-order valence-corrected chi connectivity index (χ4v) is 1.05. The Hall–Kier alpha value is -0.160. The number of rotatable bonds is 8. The molecule has 0 bridgehead atoms. The molecule has 0 saturated heterocycles. The van der Waals surface area contributed by atoms with Gasteiger partial charge in [0.05, 0.1) is 6.61 Å². The third-order valence-corrected chi connectivity index (χ3v) is 1.67. The smallest absolute Gasteiger partial charge is 0.0949 e. The van der Waals surface area contributed by atoms with E-state index in [1.54, 1.807) is 0 Å². The summed E-state index contributed by atoms with van der Waals surface area (Å²) >= 11 is 0. The summed E-state index contributed by atoms with van der Waals surface area (Å²) in [5.74, 6) is 0. The van der Waals surface area contributed by atoms with Gasteiger partial charge in [-0.1, -0.05) is 0 Å². The molecule has 0 unspecified atom stereocenters. The van der Waals surface area contributed by atoms with E-state index in [0.717, 1.165) is 13.1 Å². The lowest BCUT2D eigenvalue weighted by Crippen LogP contribution is -2.29. The maximum absolute atomic E-state index is 10.3. The number of hydrogen-bond acceptors (Lipinski definition) is 3. The first-order valence-electron chi connectivity index (χ1n) is 4.37. The third kappa shape index (κ3) is 6.54. The monoisotopic (exact) mass is 176 g/mol. The number of aliphatic hydroxyl groups is 2. The average Bonchev–Trinajstić information content (AvgIpc) is 2.10. The van der Waals surface area contributed by atoms with Gasteiger partial charge >= 0.3 is 0 Å². The molecular weight excluding hydrogens is 158 g/mol. The molecule has 12 heavy (non-hydrogen) atoms. The molecule has 0 spiro atoms. The van der Waals surface area contributed by atoms with Gasteiger partial charge in [-0.2, -0.15) is 0 Å². The molecule has 0 aromatic rings. The normalized spacial score (nSPS) is 11.0. The summed E-state index contributed by atoms with van der Waals surface area (Å²) < 4.78 is 0. The van der Waals surface area contributed by atoms with Crippen molar-refractivity contribution in [3.05, 3.63) is 0 Å². The van der Waals surface area contributed by atoms with Crippen LogP contribution in [-0.2, 0) is 5.11 Å². The van der Waals surface area contributed by atoms with Crippen LogP contribution in [0.15, 0.2) is 0 Å². The molecule has 4 nitrogen and oxygen atoms in total. The van der Waals surface area contributed by atoms with Gasteiger partial charge in [-0.25, -0.2) is 5.11 Å². The molecule has 73 valence electrons. The van der Waals surface area contributed by atoms with Crippen LogP contribution in [0.25, 0.3) is 0 Å². The molecule has 0 aliphatic carbocycles. The lowest BCUT2D eigenvalue weighted by atomic mass is 10.3. The molecule has 0 aromatic heterocycles. The van der Waals surface area contributed by atoms with Crippen molar-refractivity contribution in [2.24, 2.45) is 0 Å². The van der Waals surface area contributed by atoms with E-state index in [2.05, 4.69) is 0 Å². The van der Waals surface area contributed by atoms with Gasteiger partial charge in [0.1, 0.15) is 0 Å². The van der Waals surface area contributed by atoms with Crippen molar-refractivity contribution >= 4 is 0 Å². The highest BCUT2D eigenvalue weighted by Gasteiger charge is 2.02. The van der Waals surface area contributed by atoms with Crippen LogP contribution >= 0.6 is 0 Å². The molecule has 0 aliphatic heterocycles. The van der Waals surface area contributed by atoms with Gasteiger partial charge in [0.15, 0.2) is 0 Å². The standard InChI is InChI=1S/C8H18NO3/c10-6-1-3-9(5-8-12)4-2-7-11/h10-11H,1-8H2. The van der Waals surface area contributed by atoms with Crippen molar-refractivity contribution in [3.8, 4) is 0 Å². The molecule has 0 amide bonds. The van der Waals surface area contributed by atoms with E-state index < -0.39 is 0 Å². The Balaban J connectivity index is 3.40. The molecule has 0 saturated carbocycles. The van der Waals surface area contributed by atoms with E-state index in [0.29, 0.717) is 19.4 Å². The Morgan fingerprint density at radius 1 is 0.917 bits per heavy atom. The van der Waals surface area contributed by atoms with Gasteiger partial charge < -0.3 is 15.1 Å². The van der Waals surface area contributed by atoms with E-state index in [4.69, 9.17) is 10.2 Å². The zero-order valence-electron chi connectivity index (χ0n) is 7.41. The van der Waals surface area contributed by atoms with E-state index in [9.17, 15) is 5.11 Å². The Morgan fingerprint density at radius 3 is 1.75 bits per heavy atom. The van der Waals surface area contributed by atoms with Crippen LogP contribution in [0, 0.1) is 0 Å². The van der Waals surface area contributed by atoms with Crippen LogP contribution < -0.4 is 0 Å². The van der Waals surface area contributed by atoms with Gasteiger partial charge in [0.25, 0.3) is 0 Å². The molecule has 1 radical (unpaired) electrons. The first-order valence-corrected chi connectivity index (χ1v) is 4.37.